The normalized spacial score (nSPS) is 34.4. The first-order valence-electron chi connectivity index (χ1n) is 7.38. The van der Waals surface area contributed by atoms with E-state index in [1.54, 1.807) is 7.05 Å². The van der Waals surface area contributed by atoms with Crippen LogP contribution >= 0.6 is 0 Å². The summed E-state index contributed by atoms with van der Waals surface area (Å²) in [6, 6.07) is 9.69. The van der Waals surface area contributed by atoms with Crippen molar-refractivity contribution >= 4 is 15.7 Å². The summed E-state index contributed by atoms with van der Waals surface area (Å²) in [6.07, 6.45) is 2.69. The summed E-state index contributed by atoms with van der Waals surface area (Å²) >= 11 is 0. The van der Waals surface area contributed by atoms with Crippen molar-refractivity contribution in [2.24, 2.45) is 15.7 Å². The van der Waals surface area contributed by atoms with Crippen molar-refractivity contribution in [3.8, 4) is 0 Å². The summed E-state index contributed by atoms with van der Waals surface area (Å²) in [7, 11) is -0.458. The average molecular weight is 307 g/mol. The first-order chi connectivity index (χ1) is 10.1. The highest BCUT2D eigenvalue weighted by Gasteiger charge is 2.61. The Labute approximate surface area is 126 Å². The lowest BCUT2D eigenvalue weighted by atomic mass is 9.99. The van der Waals surface area contributed by atoms with Crippen LogP contribution in [-0.2, 0) is 25.9 Å². The Balaban J connectivity index is 1.60. The highest BCUT2D eigenvalue weighted by molar-refractivity contribution is 7.93. The Morgan fingerprint density at radius 1 is 1.43 bits per heavy atom. The molecule has 3 rings (SSSR count). The second-order valence-electron chi connectivity index (χ2n) is 6.12. The lowest BCUT2D eigenvalue weighted by Gasteiger charge is -2.25. The predicted molar refractivity (Wildman–Crippen MR) is 82.2 cm³/mol. The van der Waals surface area contributed by atoms with Crippen molar-refractivity contribution in [3.63, 3.8) is 0 Å². The molecule has 2 fully saturated rings. The number of ether oxygens (including phenoxy) is 1. The SMILES string of the molecule is CN=S1(=O)CCCC2(CC2C(=O)OCc2ccccc2)C1. The molecular weight excluding hydrogens is 286 g/mol. The molecule has 0 N–H and O–H groups in total. The van der Waals surface area contributed by atoms with Crippen LogP contribution in [0, 0.1) is 11.3 Å². The first-order valence-corrected chi connectivity index (χ1v) is 9.23. The van der Waals surface area contributed by atoms with Crippen molar-refractivity contribution < 1.29 is 13.7 Å². The molecule has 5 heteroatoms. The zero-order valence-corrected chi connectivity index (χ0v) is 13.1. The third-order valence-electron chi connectivity index (χ3n) is 4.68. The summed E-state index contributed by atoms with van der Waals surface area (Å²) in [6.45, 7) is 0.319. The number of rotatable bonds is 3. The largest absolute Gasteiger partial charge is 0.461 e. The molecule has 0 aromatic heterocycles. The maximum absolute atomic E-state index is 12.5. The van der Waals surface area contributed by atoms with E-state index in [4.69, 9.17) is 4.74 Å². The molecule has 4 nitrogen and oxygen atoms in total. The minimum atomic E-state index is -2.09. The molecule has 1 aromatic carbocycles. The Kier molecular flexibility index (Phi) is 3.78. The molecule has 3 atom stereocenters. The van der Waals surface area contributed by atoms with Gasteiger partial charge in [0.2, 0.25) is 0 Å². The molecule has 21 heavy (non-hydrogen) atoms. The van der Waals surface area contributed by atoms with E-state index in [9.17, 15) is 9.00 Å². The molecule has 1 saturated carbocycles. The number of hydrogen-bond acceptors (Lipinski definition) is 4. The molecule has 1 spiro atoms. The van der Waals surface area contributed by atoms with E-state index >= 15 is 0 Å². The van der Waals surface area contributed by atoms with Crippen molar-refractivity contribution in [1.82, 2.24) is 0 Å². The van der Waals surface area contributed by atoms with Gasteiger partial charge in [0.15, 0.2) is 0 Å². The fraction of sp³-hybridized carbons (Fsp3) is 0.562. The van der Waals surface area contributed by atoms with Gasteiger partial charge < -0.3 is 4.74 Å². The molecule has 2 aliphatic rings. The number of nitrogens with zero attached hydrogens (tertiary/aromatic N) is 1. The Morgan fingerprint density at radius 2 is 2.19 bits per heavy atom. The highest BCUT2D eigenvalue weighted by Crippen LogP contribution is 2.59. The maximum atomic E-state index is 12.5. The van der Waals surface area contributed by atoms with Crippen LogP contribution in [0.4, 0.5) is 0 Å². The molecular formula is C16H21NO3S. The minimum Gasteiger partial charge on any atom is -0.461 e. The van der Waals surface area contributed by atoms with Crippen LogP contribution in [0.5, 0.6) is 0 Å². The van der Waals surface area contributed by atoms with Crippen LogP contribution in [0.3, 0.4) is 0 Å². The summed E-state index contributed by atoms with van der Waals surface area (Å²) in [5.41, 5.74) is 0.902. The second-order valence-corrected chi connectivity index (χ2v) is 8.73. The van der Waals surface area contributed by atoms with Gasteiger partial charge in [-0.1, -0.05) is 30.3 Å². The van der Waals surface area contributed by atoms with Crippen LogP contribution in [0.2, 0.25) is 0 Å². The number of benzene rings is 1. The molecule has 1 aliphatic carbocycles. The zero-order chi connectivity index (χ0) is 14.9. The van der Waals surface area contributed by atoms with Crippen LogP contribution in [0.1, 0.15) is 24.8 Å². The van der Waals surface area contributed by atoms with Gasteiger partial charge in [-0.25, -0.2) is 8.57 Å². The topological polar surface area (TPSA) is 55.7 Å². The summed E-state index contributed by atoms with van der Waals surface area (Å²) in [5.74, 6) is 1.03. The Morgan fingerprint density at radius 3 is 2.90 bits per heavy atom. The third kappa shape index (κ3) is 2.98. The molecule has 1 aliphatic heterocycles. The van der Waals surface area contributed by atoms with E-state index in [0.717, 1.165) is 24.8 Å². The summed E-state index contributed by atoms with van der Waals surface area (Å²) in [4.78, 5) is 12.2. The maximum Gasteiger partial charge on any atom is 0.309 e. The van der Waals surface area contributed by atoms with Crippen molar-refractivity contribution in [1.29, 1.82) is 0 Å². The van der Waals surface area contributed by atoms with E-state index in [2.05, 4.69) is 4.36 Å². The summed E-state index contributed by atoms with van der Waals surface area (Å²) in [5, 5.41) is 0. The summed E-state index contributed by atoms with van der Waals surface area (Å²) < 4.78 is 22.0. The number of carbonyl (C=O) groups excluding carboxylic acids is 1. The molecule has 114 valence electrons. The molecule has 0 bridgehead atoms. The van der Waals surface area contributed by atoms with Crippen molar-refractivity contribution in [2.45, 2.75) is 25.9 Å². The monoisotopic (exact) mass is 307 g/mol. The van der Waals surface area contributed by atoms with E-state index < -0.39 is 9.73 Å². The second kappa shape index (κ2) is 5.44. The van der Waals surface area contributed by atoms with Gasteiger partial charge in [0, 0.05) is 28.3 Å². The lowest BCUT2D eigenvalue weighted by Crippen LogP contribution is -2.29. The molecule has 1 heterocycles. The average Bonchev–Trinajstić information content (AvgIpc) is 3.18. The number of hydrogen-bond donors (Lipinski definition) is 0. The first kappa shape index (κ1) is 14.6. The van der Waals surface area contributed by atoms with E-state index in [-0.39, 0.29) is 17.3 Å². The quantitative estimate of drug-likeness (QED) is 0.807. The van der Waals surface area contributed by atoms with E-state index in [1.807, 2.05) is 30.3 Å². The number of carbonyl (C=O) groups is 1. The van der Waals surface area contributed by atoms with E-state index in [1.165, 1.54) is 0 Å². The minimum absolute atomic E-state index is 0.0795. The van der Waals surface area contributed by atoms with Crippen molar-refractivity contribution in [2.75, 3.05) is 18.6 Å². The fourth-order valence-electron chi connectivity index (χ4n) is 3.35. The van der Waals surface area contributed by atoms with E-state index in [0.29, 0.717) is 18.1 Å². The standard InChI is InChI=1S/C16H21NO3S/c1-17-21(19)9-5-8-16(12-21)10-14(16)15(18)20-11-13-6-3-2-4-7-13/h2-4,6-7,14H,5,8-12H2,1H3. The molecule has 1 aromatic rings. The van der Waals surface area contributed by atoms with Crippen LogP contribution in [-0.4, -0.2) is 28.7 Å². The Hall–Kier alpha value is -1.36. The van der Waals surface area contributed by atoms with Gasteiger partial charge >= 0.3 is 5.97 Å². The van der Waals surface area contributed by atoms with Gasteiger partial charge in [0.05, 0.1) is 5.92 Å². The fourth-order valence-corrected chi connectivity index (χ4v) is 5.76. The predicted octanol–water partition coefficient (Wildman–Crippen LogP) is 2.63. The molecule has 3 unspecified atom stereocenters. The van der Waals surface area contributed by atoms with Gasteiger partial charge in [-0.05, 0) is 30.2 Å². The van der Waals surface area contributed by atoms with Crippen molar-refractivity contribution in [3.05, 3.63) is 35.9 Å². The van der Waals surface area contributed by atoms with Crippen LogP contribution < -0.4 is 0 Å². The Bertz CT molecular complexity index is 649. The highest BCUT2D eigenvalue weighted by atomic mass is 32.2. The van der Waals surface area contributed by atoms with Gasteiger partial charge in [0.1, 0.15) is 6.61 Å². The van der Waals surface area contributed by atoms with Gasteiger partial charge in [0.25, 0.3) is 0 Å². The van der Waals surface area contributed by atoms with Crippen LogP contribution in [0.15, 0.2) is 34.7 Å². The van der Waals surface area contributed by atoms with Gasteiger partial charge in [-0.2, -0.15) is 0 Å². The molecule has 0 radical (unpaired) electrons. The van der Waals surface area contributed by atoms with Gasteiger partial charge in [-0.3, -0.25) is 4.79 Å². The number of esters is 1. The third-order valence-corrected chi connectivity index (χ3v) is 7.30. The smallest absolute Gasteiger partial charge is 0.309 e. The zero-order valence-electron chi connectivity index (χ0n) is 12.3. The van der Waals surface area contributed by atoms with Gasteiger partial charge in [-0.15, -0.1) is 0 Å². The van der Waals surface area contributed by atoms with Crippen LogP contribution in [0.25, 0.3) is 0 Å². The molecule has 1 saturated heterocycles. The lowest BCUT2D eigenvalue weighted by molar-refractivity contribution is -0.147. The molecule has 0 amide bonds.